The molecule has 1 aromatic rings. The molecule has 1 aromatic carbocycles. The van der Waals surface area contributed by atoms with Gasteiger partial charge in [-0.05, 0) is 38.2 Å². The Kier molecular flexibility index (Phi) is 6.38. The van der Waals surface area contributed by atoms with Gasteiger partial charge in [0.15, 0.2) is 0 Å². The molecule has 2 nitrogen and oxygen atoms in total. The first kappa shape index (κ1) is 15.4. The fourth-order valence-corrected chi connectivity index (χ4v) is 3.15. The van der Waals surface area contributed by atoms with Crippen LogP contribution in [0.25, 0.3) is 0 Å². The Hall–Kier alpha value is -1.02. The van der Waals surface area contributed by atoms with Crippen molar-refractivity contribution in [2.24, 2.45) is 5.92 Å². The molecule has 2 atom stereocenters. The molecule has 0 aliphatic heterocycles. The normalized spacial score (nSPS) is 23.3. The van der Waals surface area contributed by atoms with Crippen molar-refractivity contribution in [2.45, 2.75) is 65.0 Å². The summed E-state index contributed by atoms with van der Waals surface area (Å²) in [5.41, 5.74) is 2.55. The van der Waals surface area contributed by atoms with Crippen LogP contribution in [0.15, 0.2) is 24.3 Å². The molecule has 1 aliphatic carbocycles. The smallest absolute Gasteiger partial charge is 0.0736 e. The van der Waals surface area contributed by atoms with E-state index in [2.05, 4.69) is 36.5 Å². The Morgan fingerprint density at radius 2 is 1.95 bits per heavy atom. The van der Waals surface area contributed by atoms with Crippen molar-refractivity contribution in [3.05, 3.63) is 29.8 Å². The highest BCUT2D eigenvalue weighted by Crippen LogP contribution is 2.28. The molecule has 112 valence electrons. The summed E-state index contributed by atoms with van der Waals surface area (Å²) in [5, 5.41) is 3.76. The van der Waals surface area contributed by atoms with Crippen molar-refractivity contribution < 1.29 is 4.74 Å². The third kappa shape index (κ3) is 4.52. The van der Waals surface area contributed by atoms with Crippen LogP contribution in [-0.2, 0) is 11.3 Å². The molecule has 2 heteroatoms. The molecule has 2 unspecified atom stereocenters. The standard InChI is InChI=1S/C18H29NO/c1-3-15-8-7-10-17(13-12-15)19-18-11-6-5-9-16(18)14-20-4-2/h5-6,9,11,15,17,19H,3-4,7-8,10,12-14H2,1-2H3. The van der Waals surface area contributed by atoms with Gasteiger partial charge in [-0.25, -0.2) is 0 Å². The lowest BCUT2D eigenvalue weighted by molar-refractivity contribution is 0.134. The number of anilines is 1. The highest BCUT2D eigenvalue weighted by molar-refractivity contribution is 5.51. The van der Waals surface area contributed by atoms with Crippen LogP contribution in [0.3, 0.4) is 0 Å². The molecular weight excluding hydrogens is 246 g/mol. The molecule has 0 spiro atoms. The molecule has 0 bridgehead atoms. The van der Waals surface area contributed by atoms with E-state index in [4.69, 9.17) is 4.74 Å². The Bertz CT molecular complexity index is 391. The number of para-hydroxylation sites is 1. The number of benzene rings is 1. The van der Waals surface area contributed by atoms with E-state index in [-0.39, 0.29) is 0 Å². The van der Waals surface area contributed by atoms with Gasteiger partial charge in [-0.3, -0.25) is 0 Å². The minimum absolute atomic E-state index is 0.634. The van der Waals surface area contributed by atoms with Crippen LogP contribution in [0.2, 0.25) is 0 Å². The molecule has 1 saturated carbocycles. The van der Waals surface area contributed by atoms with Crippen molar-refractivity contribution in [1.82, 2.24) is 0 Å². The lowest BCUT2D eigenvalue weighted by atomic mass is 9.98. The summed E-state index contributed by atoms with van der Waals surface area (Å²) in [5.74, 6) is 0.945. The number of nitrogens with one attached hydrogen (secondary N) is 1. The lowest BCUT2D eigenvalue weighted by Crippen LogP contribution is -2.19. The van der Waals surface area contributed by atoms with Crippen LogP contribution in [0, 0.1) is 5.92 Å². The quantitative estimate of drug-likeness (QED) is 0.738. The van der Waals surface area contributed by atoms with E-state index in [1.165, 1.54) is 49.8 Å². The minimum Gasteiger partial charge on any atom is -0.382 e. The van der Waals surface area contributed by atoms with E-state index in [9.17, 15) is 0 Å². The summed E-state index contributed by atoms with van der Waals surface area (Å²) in [6, 6.07) is 9.21. The fraction of sp³-hybridized carbons (Fsp3) is 0.667. The predicted octanol–water partition coefficient (Wildman–Crippen LogP) is 4.99. The van der Waals surface area contributed by atoms with Gasteiger partial charge >= 0.3 is 0 Å². The molecule has 0 aromatic heterocycles. The first-order chi connectivity index (χ1) is 9.83. The van der Waals surface area contributed by atoms with E-state index in [1.54, 1.807) is 0 Å². The van der Waals surface area contributed by atoms with Gasteiger partial charge in [-0.1, -0.05) is 44.4 Å². The molecule has 0 radical (unpaired) electrons. The number of rotatable bonds is 6. The maximum Gasteiger partial charge on any atom is 0.0736 e. The molecule has 0 heterocycles. The Morgan fingerprint density at radius 3 is 2.75 bits per heavy atom. The average molecular weight is 275 g/mol. The van der Waals surface area contributed by atoms with Crippen LogP contribution in [0.1, 0.15) is 57.9 Å². The van der Waals surface area contributed by atoms with Crippen LogP contribution in [0.4, 0.5) is 5.69 Å². The highest BCUT2D eigenvalue weighted by Gasteiger charge is 2.18. The Balaban J connectivity index is 1.95. The SMILES string of the molecule is CCOCc1ccccc1NC1CCCC(CC)CC1. The fourth-order valence-electron chi connectivity index (χ4n) is 3.15. The van der Waals surface area contributed by atoms with E-state index in [0.717, 1.165) is 12.5 Å². The Morgan fingerprint density at radius 1 is 1.10 bits per heavy atom. The number of ether oxygens (including phenoxy) is 1. The van der Waals surface area contributed by atoms with Gasteiger partial charge in [0, 0.05) is 23.9 Å². The van der Waals surface area contributed by atoms with Gasteiger partial charge in [-0.15, -0.1) is 0 Å². The number of hydrogen-bond acceptors (Lipinski definition) is 2. The van der Waals surface area contributed by atoms with E-state index in [0.29, 0.717) is 12.6 Å². The lowest BCUT2D eigenvalue weighted by Gasteiger charge is -2.20. The summed E-state index contributed by atoms with van der Waals surface area (Å²) >= 11 is 0. The van der Waals surface area contributed by atoms with Crippen molar-refractivity contribution in [2.75, 3.05) is 11.9 Å². The van der Waals surface area contributed by atoms with E-state index in [1.807, 2.05) is 6.92 Å². The number of hydrogen-bond donors (Lipinski definition) is 1. The van der Waals surface area contributed by atoms with Crippen LogP contribution >= 0.6 is 0 Å². The maximum absolute atomic E-state index is 5.57. The summed E-state index contributed by atoms with van der Waals surface area (Å²) < 4.78 is 5.57. The van der Waals surface area contributed by atoms with Gasteiger partial charge < -0.3 is 10.1 Å². The average Bonchev–Trinajstić information content (AvgIpc) is 2.71. The molecule has 0 saturated heterocycles. The van der Waals surface area contributed by atoms with Crippen LogP contribution in [0.5, 0.6) is 0 Å². The zero-order chi connectivity index (χ0) is 14.2. The van der Waals surface area contributed by atoms with Gasteiger partial charge in [0.05, 0.1) is 6.61 Å². The summed E-state index contributed by atoms with van der Waals surface area (Å²) in [4.78, 5) is 0. The second-order valence-corrected chi connectivity index (χ2v) is 5.92. The van der Waals surface area contributed by atoms with Crippen molar-refractivity contribution in [3.63, 3.8) is 0 Å². The third-order valence-corrected chi connectivity index (χ3v) is 4.50. The molecule has 2 rings (SSSR count). The zero-order valence-corrected chi connectivity index (χ0v) is 13.0. The molecule has 1 N–H and O–H groups in total. The predicted molar refractivity (Wildman–Crippen MR) is 86.0 cm³/mol. The monoisotopic (exact) mass is 275 g/mol. The topological polar surface area (TPSA) is 21.3 Å². The maximum atomic E-state index is 5.57. The summed E-state index contributed by atoms with van der Waals surface area (Å²) in [7, 11) is 0. The first-order valence-electron chi connectivity index (χ1n) is 8.25. The van der Waals surface area contributed by atoms with Crippen LogP contribution < -0.4 is 5.32 Å². The van der Waals surface area contributed by atoms with Gasteiger partial charge in [0.1, 0.15) is 0 Å². The second-order valence-electron chi connectivity index (χ2n) is 5.92. The first-order valence-corrected chi connectivity index (χ1v) is 8.25. The molecule has 20 heavy (non-hydrogen) atoms. The zero-order valence-electron chi connectivity index (χ0n) is 13.0. The largest absolute Gasteiger partial charge is 0.382 e. The van der Waals surface area contributed by atoms with Crippen molar-refractivity contribution >= 4 is 5.69 Å². The van der Waals surface area contributed by atoms with E-state index < -0.39 is 0 Å². The Labute approximate surface area is 123 Å². The highest BCUT2D eigenvalue weighted by atomic mass is 16.5. The van der Waals surface area contributed by atoms with Gasteiger partial charge in [0.2, 0.25) is 0 Å². The van der Waals surface area contributed by atoms with E-state index >= 15 is 0 Å². The second kappa shape index (κ2) is 8.31. The third-order valence-electron chi connectivity index (χ3n) is 4.50. The molecule has 1 fully saturated rings. The molecule has 1 aliphatic rings. The van der Waals surface area contributed by atoms with Gasteiger partial charge in [0.25, 0.3) is 0 Å². The molecular formula is C18H29NO. The summed E-state index contributed by atoms with van der Waals surface area (Å²) in [6.07, 6.45) is 8.11. The molecule has 0 amide bonds. The van der Waals surface area contributed by atoms with Crippen LogP contribution in [-0.4, -0.2) is 12.6 Å². The minimum atomic E-state index is 0.634. The van der Waals surface area contributed by atoms with Crippen molar-refractivity contribution in [1.29, 1.82) is 0 Å². The summed E-state index contributed by atoms with van der Waals surface area (Å²) in [6.45, 7) is 5.86. The van der Waals surface area contributed by atoms with Gasteiger partial charge in [-0.2, -0.15) is 0 Å². The van der Waals surface area contributed by atoms with Crippen molar-refractivity contribution in [3.8, 4) is 0 Å².